The molecular formula is C48H38N4Si. The van der Waals surface area contributed by atoms with Crippen LogP contribution in [0, 0.1) is 20.8 Å². The fraction of sp³-hybridized carbons (Fsp3) is 0.0625. The van der Waals surface area contributed by atoms with Crippen molar-refractivity contribution in [3.8, 4) is 28.7 Å². The Morgan fingerprint density at radius 1 is 0.377 bits per heavy atom. The van der Waals surface area contributed by atoms with Gasteiger partial charge in [0.05, 0.1) is 11.0 Å². The van der Waals surface area contributed by atoms with Crippen LogP contribution >= 0.6 is 0 Å². The Morgan fingerprint density at radius 3 is 1.57 bits per heavy atom. The van der Waals surface area contributed by atoms with Crippen LogP contribution in [0.4, 0.5) is 0 Å². The third-order valence-electron chi connectivity index (χ3n) is 10.3. The topological polar surface area (TPSA) is 43.6 Å². The molecule has 53 heavy (non-hydrogen) atoms. The average Bonchev–Trinajstić information content (AvgIpc) is 3.52. The van der Waals surface area contributed by atoms with Crippen LogP contribution in [0.2, 0.25) is 0 Å². The van der Waals surface area contributed by atoms with E-state index in [1.807, 2.05) is 0 Å². The third-order valence-corrected chi connectivity index (χ3v) is 15.1. The van der Waals surface area contributed by atoms with E-state index in [-0.39, 0.29) is 0 Å². The smallest absolute Gasteiger partial charge is 0.238 e. The van der Waals surface area contributed by atoms with Gasteiger partial charge in [-0.2, -0.15) is 9.97 Å². The minimum atomic E-state index is -2.80. The van der Waals surface area contributed by atoms with Crippen LogP contribution in [0.25, 0.3) is 50.5 Å². The predicted molar refractivity (Wildman–Crippen MR) is 223 cm³/mol. The quantitative estimate of drug-likeness (QED) is 0.124. The molecule has 0 saturated carbocycles. The summed E-state index contributed by atoms with van der Waals surface area (Å²) in [6, 6.07) is 63.6. The van der Waals surface area contributed by atoms with Gasteiger partial charge in [0.15, 0.2) is 19.7 Å². The van der Waals surface area contributed by atoms with Gasteiger partial charge in [-0.1, -0.05) is 162 Å². The first kappa shape index (κ1) is 32.5. The fourth-order valence-corrected chi connectivity index (χ4v) is 12.9. The highest BCUT2D eigenvalue weighted by atomic mass is 28.3. The van der Waals surface area contributed by atoms with E-state index in [1.165, 1.54) is 37.1 Å². The summed E-state index contributed by atoms with van der Waals surface area (Å²) in [4.78, 5) is 15.8. The van der Waals surface area contributed by atoms with Gasteiger partial charge in [0.2, 0.25) is 5.95 Å². The summed E-state index contributed by atoms with van der Waals surface area (Å²) in [7, 11) is -2.80. The Morgan fingerprint density at radius 2 is 0.925 bits per heavy atom. The Balaban J connectivity index is 1.35. The largest absolute Gasteiger partial charge is 0.278 e. The van der Waals surface area contributed by atoms with Crippen LogP contribution < -0.4 is 20.7 Å². The highest BCUT2D eigenvalue weighted by molar-refractivity contribution is 7.19. The molecule has 0 amide bonds. The van der Waals surface area contributed by atoms with Gasteiger partial charge < -0.3 is 0 Å². The molecule has 0 bridgehead atoms. The number of hydrogen-bond donors (Lipinski definition) is 0. The van der Waals surface area contributed by atoms with Crippen molar-refractivity contribution in [3.05, 3.63) is 193 Å². The van der Waals surface area contributed by atoms with Crippen LogP contribution in [0.15, 0.2) is 176 Å². The number of para-hydroxylation sites is 1. The van der Waals surface area contributed by atoms with Crippen LogP contribution in [-0.4, -0.2) is 27.6 Å². The Hall–Kier alpha value is -6.43. The lowest BCUT2D eigenvalue weighted by Crippen LogP contribution is -2.74. The first-order valence-electron chi connectivity index (χ1n) is 18.1. The van der Waals surface area contributed by atoms with Gasteiger partial charge in [-0.05, 0) is 71.8 Å². The van der Waals surface area contributed by atoms with E-state index < -0.39 is 8.07 Å². The number of aromatic nitrogens is 4. The molecule has 0 spiro atoms. The number of nitrogens with zero attached hydrogens (tertiary/aromatic N) is 4. The second kappa shape index (κ2) is 13.3. The van der Waals surface area contributed by atoms with Crippen molar-refractivity contribution in [2.75, 3.05) is 0 Å². The van der Waals surface area contributed by atoms with Gasteiger partial charge in [-0.3, -0.25) is 4.57 Å². The molecule has 0 radical (unpaired) electrons. The normalized spacial score (nSPS) is 11.7. The van der Waals surface area contributed by atoms with Crippen molar-refractivity contribution in [3.63, 3.8) is 0 Å². The second-order valence-corrected chi connectivity index (χ2v) is 17.8. The minimum Gasteiger partial charge on any atom is -0.278 e. The van der Waals surface area contributed by atoms with Crippen LogP contribution in [0.5, 0.6) is 0 Å². The second-order valence-electron chi connectivity index (χ2n) is 14.0. The molecule has 7 aromatic carbocycles. The molecule has 9 aromatic rings. The molecule has 0 aliphatic rings. The first-order valence-corrected chi connectivity index (χ1v) is 20.1. The summed E-state index contributed by atoms with van der Waals surface area (Å²) in [5.41, 5.74) is 7.58. The van der Waals surface area contributed by atoms with E-state index in [0.29, 0.717) is 17.6 Å². The summed E-state index contributed by atoms with van der Waals surface area (Å²) in [5.74, 6) is 1.89. The van der Waals surface area contributed by atoms with Crippen LogP contribution in [0.3, 0.4) is 0 Å². The summed E-state index contributed by atoms with van der Waals surface area (Å²) in [6.07, 6.45) is 0. The first-order chi connectivity index (χ1) is 26.0. The van der Waals surface area contributed by atoms with Gasteiger partial charge >= 0.3 is 0 Å². The highest BCUT2D eigenvalue weighted by Gasteiger charge is 2.41. The Bertz CT molecular complexity index is 2660. The zero-order valence-electron chi connectivity index (χ0n) is 30.0. The molecule has 2 aromatic heterocycles. The molecule has 4 nitrogen and oxygen atoms in total. The minimum absolute atomic E-state index is 0.599. The molecule has 254 valence electrons. The lowest BCUT2D eigenvalue weighted by atomic mass is 10.1. The summed E-state index contributed by atoms with van der Waals surface area (Å²) in [5, 5.41) is 7.61. The van der Waals surface area contributed by atoms with Crippen LogP contribution in [0.1, 0.15) is 16.7 Å². The van der Waals surface area contributed by atoms with E-state index in [2.05, 4.69) is 201 Å². The molecule has 2 heterocycles. The molecule has 9 rings (SSSR count). The van der Waals surface area contributed by atoms with Gasteiger partial charge in [0.25, 0.3) is 0 Å². The molecule has 0 saturated heterocycles. The zero-order valence-corrected chi connectivity index (χ0v) is 31.0. The SMILES string of the molecule is Cc1cccc(-c2nc(-c3cc(C)cc([Si](c4ccccc4)(c4ccccc4)c4ccccc4)c3)nc(-n3c4ccccc4c4cc(C)ccc43)n2)c1. The van der Waals surface area contributed by atoms with Gasteiger partial charge in [0, 0.05) is 21.9 Å². The maximum absolute atomic E-state index is 5.36. The summed E-state index contributed by atoms with van der Waals surface area (Å²) < 4.78 is 2.20. The van der Waals surface area contributed by atoms with E-state index in [4.69, 9.17) is 15.0 Å². The molecule has 0 N–H and O–H groups in total. The van der Waals surface area contributed by atoms with E-state index >= 15 is 0 Å². The third kappa shape index (κ3) is 5.66. The van der Waals surface area contributed by atoms with E-state index in [0.717, 1.165) is 33.3 Å². The number of hydrogen-bond acceptors (Lipinski definition) is 3. The standard InChI is InChI=1S/C48H38N4Si/c1-33-16-15-17-36(28-33)46-49-47(51-48(50-46)52-44-25-14-13-24-42(44)43-31-34(2)26-27-45(43)52)37-29-35(3)30-41(32-37)53(38-18-7-4-8-19-38,39-20-9-5-10-21-39)40-22-11-6-12-23-40/h4-32H,1-3H3. The van der Waals surface area contributed by atoms with Crippen molar-refractivity contribution < 1.29 is 0 Å². The molecule has 5 heteroatoms. The van der Waals surface area contributed by atoms with Crippen molar-refractivity contribution in [1.82, 2.24) is 19.5 Å². The van der Waals surface area contributed by atoms with Crippen molar-refractivity contribution in [2.45, 2.75) is 20.8 Å². The number of benzene rings is 7. The number of fused-ring (bicyclic) bond motifs is 3. The van der Waals surface area contributed by atoms with Crippen molar-refractivity contribution >= 4 is 50.6 Å². The summed E-state index contributed by atoms with van der Waals surface area (Å²) >= 11 is 0. The molecule has 0 fully saturated rings. The van der Waals surface area contributed by atoms with Crippen molar-refractivity contribution in [1.29, 1.82) is 0 Å². The fourth-order valence-electron chi connectivity index (χ4n) is 8.00. The zero-order chi connectivity index (χ0) is 35.9. The molecule has 0 unspecified atom stereocenters. The highest BCUT2D eigenvalue weighted by Crippen LogP contribution is 2.33. The van der Waals surface area contributed by atoms with Gasteiger partial charge in [-0.25, -0.2) is 4.98 Å². The average molecular weight is 699 g/mol. The number of aryl methyl sites for hydroxylation is 3. The molecule has 0 atom stereocenters. The molecule has 0 aliphatic carbocycles. The summed E-state index contributed by atoms with van der Waals surface area (Å²) in [6.45, 7) is 6.43. The number of rotatable bonds is 7. The Labute approximate surface area is 311 Å². The Kier molecular flexibility index (Phi) is 8.13. The van der Waals surface area contributed by atoms with Crippen LogP contribution in [-0.2, 0) is 0 Å². The van der Waals surface area contributed by atoms with Gasteiger partial charge in [0.1, 0.15) is 0 Å². The van der Waals surface area contributed by atoms with Gasteiger partial charge in [-0.15, -0.1) is 0 Å². The van der Waals surface area contributed by atoms with E-state index in [9.17, 15) is 0 Å². The lowest BCUT2D eigenvalue weighted by Gasteiger charge is -2.35. The maximum Gasteiger partial charge on any atom is 0.238 e. The monoisotopic (exact) mass is 698 g/mol. The maximum atomic E-state index is 5.36. The van der Waals surface area contributed by atoms with E-state index in [1.54, 1.807) is 0 Å². The predicted octanol–water partition coefficient (Wildman–Crippen LogP) is 8.61. The molecular weight excluding hydrogens is 661 g/mol. The lowest BCUT2D eigenvalue weighted by molar-refractivity contribution is 0.953. The van der Waals surface area contributed by atoms with Crippen molar-refractivity contribution in [2.24, 2.45) is 0 Å². The molecule has 0 aliphatic heterocycles.